The number of alkyl halides is 2. The maximum atomic E-state index is 12.8. The zero-order valence-corrected chi connectivity index (χ0v) is 10.8. The van der Waals surface area contributed by atoms with E-state index in [1.54, 1.807) is 0 Å². The molecule has 20 heavy (non-hydrogen) atoms. The van der Waals surface area contributed by atoms with Crippen molar-refractivity contribution in [2.24, 2.45) is 0 Å². The Bertz CT molecular complexity index is 609. The lowest BCUT2D eigenvalue weighted by Crippen LogP contribution is -2.46. The average Bonchev–Trinajstić information content (AvgIpc) is 2.34. The van der Waals surface area contributed by atoms with E-state index in [-0.39, 0.29) is 16.2 Å². The third-order valence-corrected chi connectivity index (χ3v) is 3.12. The molecule has 0 spiro atoms. The van der Waals surface area contributed by atoms with Crippen LogP contribution >= 0.6 is 0 Å². The van der Waals surface area contributed by atoms with E-state index in [0.29, 0.717) is 18.4 Å². The van der Waals surface area contributed by atoms with Gasteiger partial charge in [0.05, 0.1) is 12.0 Å². The number of halogens is 2. The highest BCUT2D eigenvalue weighted by molar-refractivity contribution is 6.09. The summed E-state index contributed by atoms with van der Waals surface area (Å²) in [6.07, 6.45) is 1.43. The van der Waals surface area contributed by atoms with Crippen molar-refractivity contribution in [2.75, 3.05) is 0 Å². The van der Waals surface area contributed by atoms with Gasteiger partial charge < -0.3 is 4.42 Å². The molecule has 0 saturated heterocycles. The lowest BCUT2D eigenvalue weighted by atomic mass is 9.97. The number of hydrogen-bond acceptors (Lipinski definition) is 4. The Morgan fingerprint density at radius 3 is 2.65 bits per heavy atom. The largest absolute Gasteiger partial charge is 0.426 e. The number of rotatable bonds is 4. The summed E-state index contributed by atoms with van der Waals surface area (Å²) in [6.45, 7) is -1.27. The van der Waals surface area contributed by atoms with Crippen LogP contribution in [0.4, 0.5) is 8.78 Å². The lowest BCUT2D eigenvalue weighted by Gasteiger charge is -2.26. The summed E-state index contributed by atoms with van der Waals surface area (Å²) in [6, 6.07) is 1.13. The molecule has 0 atom stereocenters. The lowest BCUT2D eigenvalue weighted by molar-refractivity contribution is -0.139. The van der Waals surface area contributed by atoms with Crippen molar-refractivity contribution in [3.63, 3.8) is 0 Å². The Morgan fingerprint density at radius 1 is 1.35 bits per heavy atom. The number of aryl methyl sites for hydroxylation is 1. The highest BCUT2D eigenvalue weighted by Gasteiger charge is 2.39. The minimum absolute atomic E-state index is 0.0713. The van der Waals surface area contributed by atoms with Crippen molar-refractivity contribution < 1.29 is 22.8 Å². The Hall–Kier alpha value is -2.05. The van der Waals surface area contributed by atoms with Crippen LogP contribution in [-0.4, -0.2) is 23.3 Å². The molecule has 0 aromatic carbocycles. The van der Waals surface area contributed by atoms with Gasteiger partial charge in [0.15, 0.2) is 0 Å². The molecule has 0 fully saturated rings. The maximum Gasteiger partial charge on any atom is 0.336 e. The summed E-state index contributed by atoms with van der Waals surface area (Å²) >= 11 is 0. The van der Waals surface area contributed by atoms with Crippen LogP contribution in [0.5, 0.6) is 0 Å². The van der Waals surface area contributed by atoms with Crippen molar-refractivity contribution in [3.05, 3.63) is 33.4 Å². The van der Waals surface area contributed by atoms with Gasteiger partial charge in [-0.05, 0) is 18.4 Å². The molecule has 0 saturated carbocycles. The first-order valence-corrected chi connectivity index (χ1v) is 6.26. The molecular formula is C13H13F2NO4. The number of unbranched alkanes of at least 4 members (excludes halogenated alkanes) is 1. The summed E-state index contributed by atoms with van der Waals surface area (Å²) in [5, 5.41) is 0. The molecular weight excluding hydrogens is 272 g/mol. The van der Waals surface area contributed by atoms with E-state index in [2.05, 4.69) is 0 Å². The van der Waals surface area contributed by atoms with Crippen LogP contribution < -0.4 is 5.63 Å². The molecule has 0 bridgehead atoms. The van der Waals surface area contributed by atoms with E-state index in [0.717, 1.165) is 12.5 Å². The molecule has 1 aromatic heterocycles. The molecule has 0 aliphatic carbocycles. The van der Waals surface area contributed by atoms with Gasteiger partial charge in [-0.2, -0.15) is 8.78 Å². The highest BCUT2D eigenvalue weighted by atomic mass is 19.3. The second-order valence-corrected chi connectivity index (χ2v) is 4.52. The van der Waals surface area contributed by atoms with Gasteiger partial charge in [0.25, 0.3) is 5.91 Å². The van der Waals surface area contributed by atoms with E-state index in [4.69, 9.17) is 4.42 Å². The number of carbonyl (C=O) groups excluding carboxylic acids is 2. The zero-order valence-electron chi connectivity index (χ0n) is 10.8. The van der Waals surface area contributed by atoms with Crippen LogP contribution in [0.1, 0.15) is 41.4 Å². The van der Waals surface area contributed by atoms with Gasteiger partial charge >= 0.3 is 12.2 Å². The second kappa shape index (κ2) is 5.52. The highest BCUT2D eigenvalue weighted by Crippen LogP contribution is 2.25. The van der Waals surface area contributed by atoms with E-state index in [9.17, 15) is 23.2 Å². The van der Waals surface area contributed by atoms with E-state index in [1.165, 1.54) is 0 Å². The van der Waals surface area contributed by atoms with Crippen LogP contribution in [0.25, 0.3) is 0 Å². The summed E-state index contributed by atoms with van der Waals surface area (Å²) in [7, 11) is 0. The van der Waals surface area contributed by atoms with Crippen molar-refractivity contribution >= 4 is 11.8 Å². The Kier molecular flexibility index (Phi) is 3.96. The van der Waals surface area contributed by atoms with E-state index < -0.39 is 30.4 Å². The molecule has 1 aromatic rings. The third-order valence-electron chi connectivity index (χ3n) is 3.12. The van der Waals surface area contributed by atoms with Gasteiger partial charge in [0.1, 0.15) is 5.76 Å². The fourth-order valence-corrected chi connectivity index (χ4v) is 2.19. The first kappa shape index (κ1) is 14.4. The molecule has 0 unspecified atom stereocenters. The minimum Gasteiger partial charge on any atom is -0.426 e. The molecule has 0 radical (unpaired) electrons. The normalized spacial score (nSPS) is 14.9. The number of amides is 2. The van der Waals surface area contributed by atoms with Crippen molar-refractivity contribution in [1.29, 1.82) is 0 Å². The Labute approximate surface area is 113 Å². The third kappa shape index (κ3) is 2.48. The monoisotopic (exact) mass is 285 g/mol. The molecule has 2 heterocycles. The smallest absolute Gasteiger partial charge is 0.336 e. The predicted molar refractivity (Wildman–Crippen MR) is 64.5 cm³/mol. The van der Waals surface area contributed by atoms with Gasteiger partial charge in [0, 0.05) is 6.07 Å². The molecule has 108 valence electrons. The SMILES string of the molecule is CCCCc1cc(=O)oc2c1C(=O)N(C(F)F)C(=O)C2. The van der Waals surface area contributed by atoms with Crippen molar-refractivity contribution in [1.82, 2.24) is 4.90 Å². The summed E-state index contributed by atoms with van der Waals surface area (Å²) < 4.78 is 30.4. The zero-order chi connectivity index (χ0) is 14.9. The number of nitrogens with zero attached hydrogens (tertiary/aromatic N) is 1. The number of carbonyl (C=O) groups is 2. The molecule has 0 N–H and O–H groups in total. The predicted octanol–water partition coefficient (Wildman–Crippen LogP) is 1.73. The molecule has 7 heteroatoms. The summed E-state index contributed by atoms with van der Waals surface area (Å²) in [5.41, 5.74) is -0.389. The average molecular weight is 285 g/mol. The molecule has 1 aliphatic heterocycles. The van der Waals surface area contributed by atoms with Crippen molar-refractivity contribution in [2.45, 2.75) is 39.2 Å². The van der Waals surface area contributed by atoms with Gasteiger partial charge in [-0.1, -0.05) is 13.3 Å². The summed E-state index contributed by atoms with van der Waals surface area (Å²) in [4.78, 5) is 34.9. The van der Waals surface area contributed by atoms with Crippen LogP contribution in [0, 0.1) is 0 Å². The maximum absolute atomic E-state index is 12.8. The van der Waals surface area contributed by atoms with Crippen LogP contribution in [-0.2, 0) is 17.6 Å². The van der Waals surface area contributed by atoms with Crippen LogP contribution in [0.2, 0.25) is 0 Å². The number of hydrogen-bond donors (Lipinski definition) is 0. The molecule has 2 amide bonds. The van der Waals surface area contributed by atoms with E-state index >= 15 is 0 Å². The van der Waals surface area contributed by atoms with Crippen molar-refractivity contribution in [3.8, 4) is 0 Å². The number of fused-ring (bicyclic) bond motifs is 1. The van der Waals surface area contributed by atoms with Gasteiger partial charge in [-0.25, -0.2) is 9.69 Å². The second-order valence-electron chi connectivity index (χ2n) is 4.52. The Morgan fingerprint density at radius 2 is 2.05 bits per heavy atom. The quantitative estimate of drug-likeness (QED) is 0.624. The fourth-order valence-electron chi connectivity index (χ4n) is 2.19. The topological polar surface area (TPSA) is 67.6 Å². The van der Waals surface area contributed by atoms with Gasteiger partial charge in [-0.15, -0.1) is 0 Å². The molecule has 1 aliphatic rings. The fraction of sp³-hybridized carbons (Fsp3) is 0.462. The van der Waals surface area contributed by atoms with Crippen LogP contribution in [0.15, 0.2) is 15.3 Å². The minimum atomic E-state index is -3.20. The molecule has 5 nitrogen and oxygen atoms in total. The first-order chi connectivity index (χ1) is 9.45. The standard InChI is InChI=1S/C13H13F2NO4/c1-2-3-4-7-5-10(18)20-8-6-9(17)16(13(14)15)12(19)11(7)8/h5,13H,2-4,6H2,1H3. The van der Waals surface area contributed by atoms with Crippen LogP contribution in [0.3, 0.4) is 0 Å². The number of imide groups is 1. The Balaban J connectivity index is 2.53. The van der Waals surface area contributed by atoms with Gasteiger partial charge in [0.2, 0.25) is 5.91 Å². The molecule has 2 rings (SSSR count). The van der Waals surface area contributed by atoms with Gasteiger partial charge in [-0.3, -0.25) is 9.59 Å². The summed E-state index contributed by atoms with van der Waals surface area (Å²) in [5.74, 6) is -2.27. The first-order valence-electron chi connectivity index (χ1n) is 6.26. The van der Waals surface area contributed by atoms with E-state index in [1.807, 2.05) is 6.92 Å².